The average Bonchev–Trinajstić information content (AvgIpc) is 2.89. The smallest absolute Gasteiger partial charge is 0.208 e. The molecule has 2 rings (SSSR count). The van der Waals surface area contributed by atoms with Crippen molar-refractivity contribution >= 4 is 10.0 Å². The average molecular weight is 326 g/mol. The molecule has 1 unspecified atom stereocenters. The van der Waals surface area contributed by atoms with Gasteiger partial charge in [0.1, 0.15) is 5.75 Å². The highest BCUT2D eigenvalue weighted by Gasteiger charge is 2.23. The Hall–Kier alpha value is -1.11. The molecule has 1 fully saturated rings. The molecule has 0 saturated carbocycles. The maximum absolute atomic E-state index is 11.2. The topological polar surface area (TPSA) is 58.6 Å². The van der Waals surface area contributed by atoms with Gasteiger partial charge in [-0.3, -0.25) is 4.90 Å². The van der Waals surface area contributed by atoms with Gasteiger partial charge in [-0.05, 0) is 55.5 Å². The maximum Gasteiger partial charge on any atom is 0.208 e. The number of methoxy groups -OCH3 is 1. The van der Waals surface area contributed by atoms with Crippen molar-refractivity contribution in [2.75, 3.05) is 33.0 Å². The van der Waals surface area contributed by atoms with Crippen molar-refractivity contribution < 1.29 is 13.2 Å². The second kappa shape index (κ2) is 6.98. The molecule has 0 spiro atoms. The summed E-state index contributed by atoms with van der Waals surface area (Å²) in [5, 5.41) is 0. The van der Waals surface area contributed by atoms with Crippen LogP contribution in [0.25, 0.3) is 0 Å². The van der Waals surface area contributed by atoms with Gasteiger partial charge in [-0.2, -0.15) is 0 Å². The molecule has 1 aliphatic rings. The van der Waals surface area contributed by atoms with Crippen LogP contribution in [0.3, 0.4) is 0 Å². The molecule has 1 aromatic rings. The molecule has 1 atom stereocenters. The van der Waals surface area contributed by atoms with E-state index in [4.69, 9.17) is 4.74 Å². The zero-order valence-corrected chi connectivity index (χ0v) is 14.7. The first-order valence-electron chi connectivity index (χ1n) is 7.60. The molecular formula is C16H26N2O3S. The number of hydrogen-bond acceptors (Lipinski definition) is 4. The van der Waals surface area contributed by atoms with E-state index < -0.39 is 10.0 Å². The highest BCUT2D eigenvalue weighted by molar-refractivity contribution is 7.88. The van der Waals surface area contributed by atoms with E-state index >= 15 is 0 Å². The van der Waals surface area contributed by atoms with Gasteiger partial charge in [0, 0.05) is 19.6 Å². The molecular weight excluding hydrogens is 300 g/mol. The molecule has 22 heavy (non-hydrogen) atoms. The lowest BCUT2D eigenvalue weighted by atomic mass is 10.0. The minimum absolute atomic E-state index is 0.398. The molecule has 1 aromatic carbocycles. The largest absolute Gasteiger partial charge is 0.496 e. The van der Waals surface area contributed by atoms with Crippen LogP contribution in [0.1, 0.15) is 23.1 Å². The molecule has 1 saturated heterocycles. The van der Waals surface area contributed by atoms with Crippen molar-refractivity contribution in [2.45, 2.75) is 26.8 Å². The third-order valence-corrected chi connectivity index (χ3v) is 5.16. The minimum atomic E-state index is -3.09. The predicted molar refractivity (Wildman–Crippen MR) is 88.7 cm³/mol. The molecule has 124 valence electrons. The number of ether oxygens (including phenoxy) is 1. The van der Waals surface area contributed by atoms with Crippen molar-refractivity contribution in [1.29, 1.82) is 0 Å². The number of nitrogens with zero attached hydrogens (tertiary/aromatic N) is 1. The number of nitrogens with one attached hydrogen (secondary N) is 1. The third-order valence-electron chi connectivity index (χ3n) is 4.47. The molecule has 0 bridgehead atoms. The van der Waals surface area contributed by atoms with E-state index in [1.165, 1.54) is 22.9 Å². The van der Waals surface area contributed by atoms with Gasteiger partial charge >= 0.3 is 0 Å². The van der Waals surface area contributed by atoms with Gasteiger partial charge < -0.3 is 4.74 Å². The molecule has 1 heterocycles. The van der Waals surface area contributed by atoms with E-state index in [1.807, 2.05) is 6.07 Å². The highest BCUT2D eigenvalue weighted by atomic mass is 32.2. The van der Waals surface area contributed by atoms with Crippen LogP contribution >= 0.6 is 0 Å². The first-order chi connectivity index (χ1) is 10.3. The summed E-state index contributed by atoms with van der Waals surface area (Å²) in [7, 11) is -1.39. The molecule has 0 aliphatic carbocycles. The summed E-state index contributed by atoms with van der Waals surface area (Å²) in [5.74, 6) is 1.33. The molecule has 0 amide bonds. The Kier molecular flexibility index (Phi) is 5.47. The summed E-state index contributed by atoms with van der Waals surface area (Å²) in [6.45, 7) is 7.61. The van der Waals surface area contributed by atoms with E-state index in [0.29, 0.717) is 12.5 Å². The third kappa shape index (κ3) is 4.44. The van der Waals surface area contributed by atoms with E-state index in [9.17, 15) is 8.42 Å². The monoisotopic (exact) mass is 326 g/mol. The number of hydrogen-bond donors (Lipinski definition) is 1. The normalized spacial score (nSPS) is 19.5. The summed E-state index contributed by atoms with van der Waals surface area (Å²) in [5.41, 5.74) is 3.78. The standard InChI is InChI=1S/C16H26N2O3S/c1-12-13(2)16(21-3)6-5-15(12)11-18-8-7-14(10-18)9-17-22(4,19)20/h5-6,14,17H,7-11H2,1-4H3. The van der Waals surface area contributed by atoms with Crippen LogP contribution in [0.15, 0.2) is 12.1 Å². The zero-order chi connectivity index (χ0) is 16.3. The Balaban J connectivity index is 1.94. The predicted octanol–water partition coefficient (Wildman–Crippen LogP) is 1.68. The quantitative estimate of drug-likeness (QED) is 0.864. The second-order valence-electron chi connectivity index (χ2n) is 6.19. The van der Waals surface area contributed by atoms with Crippen LogP contribution in [0.5, 0.6) is 5.75 Å². The molecule has 5 nitrogen and oxygen atoms in total. The summed E-state index contributed by atoms with van der Waals surface area (Å²) in [4.78, 5) is 2.39. The molecule has 6 heteroatoms. The summed E-state index contributed by atoms with van der Waals surface area (Å²) < 4.78 is 30.3. The van der Waals surface area contributed by atoms with Gasteiger partial charge in [0.25, 0.3) is 0 Å². The van der Waals surface area contributed by atoms with Crippen LogP contribution in [0.2, 0.25) is 0 Å². The van der Waals surface area contributed by atoms with Gasteiger partial charge in [-0.1, -0.05) is 6.07 Å². The van der Waals surface area contributed by atoms with Crippen molar-refractivity contribution in [3.8, 4) is 5.75 Å². The van der Waals surface area contributed by atoms with Crippen molar-refractivity contribution in [2.24, 2.45) is 5.92 Å². The Morgan fingerprint density at radius 1 is 1.32 bits per heavy atom. The number of sulfonamides is 1. The van der Waals surface area contributed by atoms with E-state index in [0.717, 1.165) is 31.8 Å². The SMILES string of the molecule is COc1ccc(CN2CCC(CNS(C)(=O)=O)C2)c(C)c1C. The van der Waals surface area contributed by atoms with E-state index in [1.54, 1.807) is 7.11 Å². The minimum Gasteiger partial charge on any atom is -0.496 e. The van der Waals surface area contributed by atoms with Gasteiger partial charge in [-0.15, -0.1) is 0 Å². The summed E-state index contributed by atoms with van der Waals surface area (Å²) in [6, 6.07) is 4.15. The lowest BCUT2D eigenvalue weighted by Gasteiger charge is -2.19. The molecule has 1 N–H and O–H groups in total. The Morgan fingerprint density at radius 2 is 2.05 bits per heavy atom. The van der Waals surface area contributed by atoms with Crippen molar-refractivity contribution in [3.63, 3.8) is 0 Å². The van der Waals surface area contributed by atoms with Crippen molar-refractivity contribution in [3.05, 3.63) is 28.8 Å². The number of rotatable bonds is 6. The van der Waals surface area contributed by atoms with E-state index in [-0.39, 0.29) is 0 Å². The molecule has 1 aliphatic heterocycles. The summed E-state index contributed by atoms with van der Waals surface area (Å²) >= 11 is 0. The van der Waals surface area contributed by atoms with Gasteiger partial charge in [-0.25, -0.2) is 13.1 Å². The fourth-order valence-corrected chi connectivity index (χ4v) is 3.52. The van der Waals surface area contributed by atoms with Crippen LogP contribution in [-0.2, 0) is 16.6 Å². The summed E-state index contributed by atoms with van der Waals surface area (Å²) in [6.07, 6.45) is 2.25. The number of benzene rings is 1. The van der Waals surface area contributed by atoms with Crippen molar-refractivity contribution in [1.82, 2.24) is 9.62 Å². The number of likely N-dealkylation sites (tertiary alicyclic amines) is 1. The van der Waals surface area contributed by atoms with Crippen LogP contribution in [0, 0.1) is 19.8 Å². The van der Waals surface area contributed by atoms with Gasteiger partial charge in [0.15, 0.2) is 0 Å². The first kappa shape index (κ1) is 17.2. The Bertz CT molecular complexity index is 629. The van der Waals surface area contributed by atoms with Gasteiger partial charge in [0.05, 0.1) is 13.4 Å². The van der Waals surface area contributed by atoms with Crippen LogP contribution in [0.4, 0.5) is 0 Å². The maximum atomic E-state index is 11.2. The van der Waals surface area contributed by atoms with Crippen LogP contribution in [-0.4, -0.2) is 46.3 Å². The highest BCUT2D eigenvalue weighted by Crippen LogP contribution is 2.26. The van der Waals surface area contributed by atoms with Gasteiger partial charge in [0.2, 0.25) is 10.0 Å². The molecule has 0 radical (unpaired) electrons. The molecule has 0 aromatic heterocycles. The lowest BCUT2D eigenvalue weighted by Crippen LogP contribution is -2.30. The Labute approximate surface area is 133 Å². The lowest BCUT2D eigenvalue weighted by molar-refractivity contribution is 0.315. The first-order valence-corrected chi connectivity index (χ1v) is 9.49. The Morgan fingerprint density at radius 3 is 2.68 bits per heavy atom. The zero-order valence-electron chi connectivity index (χ0n) is 13.8. The fourth-order valence-electron chi connectivity index (χ4n) is 2.98. The van der Waals surface area contributed by atoms with E-state index in [2.05, 4.69) is 29.5 Å². The fraction of sp³-hybridized carbons (Fsp3) is 0.625. The van der Waals surface area contributed by atoms with Crippen LogP contribution < -0.4 is 9.46 Å². The second-order valence-corrected chi connectivity index (χ2v) is 8.02.